The number of hydrogen-bond acceptors (Lipinski definition) is 4. The summed E-state index contributed by atoms with van der Waals surface area (Å²) in [7, 11) is 0. The number of nitrogens with zero attached hydrogens (tertiary/aromatic N) is 2. The Labute approximate surface area is 105 Å². The Hall–Kier alpha value is -2.98. The lowest BCUT2D eigenvalue weighted by Gasteiger charge is -2.09. The molecule has 4 heteroatoms. The van der Waals surface area contributed by atoms with Crippen LogP contribution < -0.4 is 4.74 Å². The summed E-state index contributed by atoms with van der Waals surface area (Å²) >= 11 is 0. The molecule has 4 nitrogen and oxygen atoms in total. The van der Waals surface area contributed by atoms with Crippen LogP contribution in [0.5, 0.6) is 11.5 Å². The summed E-state index contributed by atoms with van der Waals surface area (Å²) in [5, 5.41) is 27.4. The van der Waals surface area contributed by atoms with E-state index in [4.69, 9.17) is 15.3 Å². The molecule has 0 heterocycles. The lowest BCUT2D eigenvalue weighted by molar-refractivity contribution is 0.437. The SMILES string of the molecule is C=C/C=C(\C=C)Oc1ccc(O)c(C#N)c1C#N. The molecular weight excluding hydrogens is 228 g/mol. The van der Waals surface area contributed by atoms with Crippen LogP contribution in [0.1, 0.15) is 11.1 Å². The minimum atomic E-state index is -0.255. The molecule has 0 unspecified atom stereocenters. The third-order valence-corrected chi connectivity index (χ3v) is 2.08. The number of aromatic hydroxyl groups is 1. The summed E-state index contributed by atoms with van der Waals surface area (Å²) < 4.78 is 5.41. The molecule has 0 aliphatic heterocycles. The van der Waals surface area contributed by atoms with Crippen LogP contribution in [0, 0.1) is 22.7 Å². The van der Waals surface area contributed by atoms with Crippen LogP contribution in [0.3, 0.4) is 0 Å². The first-order chi connectivity index (χ1) is 8.67. The third kappa shape index (κ3) is 2.58. The van der Waals surface area contributed by atoms with Gasteiger partial charge in [-0.2, -0.15) is 10.5 Å². The average Bonchev–Trinajstić information content (AvgIpc) is 2.39. The van der Waals surface area contributed by atoms with Crippen molar-refractivity contribution in [3.8, 4) is 23.6 Å². The first kappa shape index (κ1) is 13.1. The van der Waals surface area contributed by atoms with Crippen molar-refractivity contribution >= 4 is 0 Å². The van der Waals surface area contributed by atoms with Crippen molar-refractivity contribution in [2.75, 3.05) is 0 Å². The molecule has 1 aromatic rings. The van der Waals surface area contributed by atoms with E-state index in [1.165, 1.54) is 24.3 Å². The standard InChI is InChI=1S/C14H10N2O2/c1-3-5-10(4-2)18-14-7-6-13(17)11(8-15)12(14)9-16/h3-7,17H,1-2H2/b10-5+. The molecule has 0 bridgehead atoms. The molecule has 0 saturated heterocycles. The Kier molecular flexibility index (Phi) is 4.31. The van der Waals surface area contributed by atoms with E-state index in [2.05, 4.69) is 13.2 Å². The molecule has 0 spiro atoms. The molecule has 18 heavy (non-hydrogen) atoms. The smallest absolute Gasteiger partial charge is 0.146 e. The Morgan fingerprint density at radius 3 is 2.39 bits per heavy atom. The number of nitriles is 2. The van der Waals surface area contributed by atoms with Crippen LogP contribution >= 0.6 is 0 Å². The highest BCUT2D eigenvalue weighted by atomic mass is 16.5. The Morgan fingerprint density at radius 2 is 1.89 bits per heavy atom. The first-order valence-electron chi connectivity index (χ1n) is 4.97. The number of allylic oxidation sites excluding steroid dienone is 3. The van der Waals surface area contributed by atoms with E-state index < -0.39 is 0 Å². The second kappa shape index (κ2) is 5.93. The lowest BCUT2D eigenvalue weighted by Crippen LogP contribution is -1.96. The van der Waals surface area contributed by atoms with Crippen LogP contribution in [0.2, 0.25) is 0 Å². The molecule has 0 atom stereocenters. The molecular formula is C14H10N2O2. The summed E-state index contributed by atoms with van der Waals surface area (Å²) in [6, 6.07) is 6.30. The van der Waals surface area contributed by atoms with Crippen molar-refractivity contribution in [2.24, 2.45) is 0 Å². The highest BCUT2D eigenvalue weighted by Gasteiger charge is 2.14. The van der Waals surface area contributed by atoms with Gasteiger partial charge in [0.15, 0.2) is 0 Å². The number of phenols is 1. The van der Waals surface area contributed by atoms with Crippen LogP contribution in [0.25, 0.3) is 0 Å². The Bertz CT molecular complexity index is 601. The van der Waals surface area contributed by atoms with E-state index in [0.29, 0.717) is 5.76 Å². The quantitative estimate of drug-likeness (QED) is 0.646. The van der Waals surface area contributed by atoms with E-state index in [-0.39, 0.29) is 22.6 Å². The summed E-state index contributed by atoms with van der Waals surface area (Å²) in [5.74, 6) is 0.310. The molecule has 0 aromatic heterocycles. The van der Waals surface area contributed by atoms with Crippen molar-refractivity contribution in [3.05, 3.63) is 60.4 Å². The van der Waals surface area contributed by atoms with Gasteiger partial charge in [-0.05, 0) is 24.3 Å². The van der Waals surface area contributed by atoms with Crippen molar-refractivity contribution in [1.29, 1.82) is 10.5 Å². The molecule has 0 amide bonds. The maximum absolute atomic E-state index is 9.46. The molecule has 1 rings (SSSR count). The highest BCUT2D eigenvalue weighted by molar-refractivity contribution is 5.60. The number of benzene rings is 1. The van der Waals surface area contributed by atoms with E-state index >= 15 is 0 Å². The minimum Gasteiger partial charge on any atom is -0.507 e. The van der Waals surface area contributed by atoms with E-state index in [1.807, 2.05) is 6.07 Å². The summed E-state index contributed by atoms with van der Waals surface area (Å²) in [6.07, 6.45) is 4.52. The van der Waals surface area contributed by atoms with Crippen LogP contribution in [-0.4, -0.2) is 5.11 Å². The van der Waals surface area contributed by atoms with Crippen molar-refractivity contribution in [1.82, 2.24) is 0 Å². The van der Waals surface area contributed by atoms with Gasteiger partial charge in [-0.1, -0.05) is 19.2 Å². The number of ether oxygens (including phenoxy) is 1. The van der Waals surface area contributed by atoms with Gasteiger partial charge >= 0.3 is 0 Å². The molecule has 0 radical (unpaired) electrons. The van der Waals surface area contributed by atoms with Gasteiger partial charge in [-0.25, -0.2) is 0 Å². The largest absolute Gasteiger partial charge is 0.507 e. The topological polar surface area (TPSA) is 77.0 Å². The Morgan fingerprint density at radius 1 is 1.22 bits per heavy atom. The molecule has 1 aromatic carbocycles. The zero-order valence-corrected chi connectivity index (χ0v) is 9.55. The predicted molar refractivity (Wildman–Crippen MR) is 66.6 cm³/mol. The summed E-state index contributed by atoms with van der Waals surface area (Å²) in [5.41, 5.74) is -0.133. The summed E-state index contributed by atoms with van der Waals surface area (Å²) in [4.78, 5) is 0. The number of rotatable bonds is 4. The van der Waals surface area contributed by atoms with Crippen molar-refractivity contribution < 1.29 is 9.84 Å². The molecule has 88 valence electrons. The Balaban J connectivity index is 3.32. The van der Waals surface area contributed by atoms with Crippen LogP contribution in [0.15, 0.2) is 49.3 Å². The number of hydrogen-bond donors (Lipinski definition) is 1. The highest BCUT2D eigenvalue weighted by Crippen LogP contribution is 2.29. The van der Waals surface area contributed by atoms with Crippen LogP contribution in [0.4, 0.5) is 0 Å². The fraction of sp³-hybridized carbons (Fsp3) is 0. The van der Waals surface area contributed by atoms with E-state index in [0.717, 1.165) is 0 Å². The van der Waals surface area contributed by atoms with E-state index in [9.17, 15) is 5.11 Å². The average molecular weight is 238 g/mol. The van der Waals surface area contributed by atoms with Gasteiger partial charge in [-0.3, -0.25) is 0 Å². The third-order valence-electron chi connectivity index (χ3n) is 2.08. The molecule has 0 saturated carbocycles. The minimum absolute atomic E-state index is 0.0192. The van der Waals surface area contributed by atoms with Gasteiger partial charge in [0, 0.05) is 0 Å². The van der Waals surface area contributed by atoms with Gasteiger partial charge in [0.05, 0.1) is 0 Å². The van der Waals surface area contributed by atoms with Gasteiger partial charge in [-0.15, -0.1) is 0 Å². The van der Waals surface area contributed by atoms with Crippen LogP contribution in [-0.2, 0) is 0 Å². The van der Waals surface area contributed by atoms with Gasteiger partial charge < -0.3 is 9.84 Å². The second-order valence-electron chi connectivity index (χ2n) is 3.17. The van der Waals surface area contributed by atoms with Gasteiger partial charge in [0.1, 0.15) is 40.5 Å². The van der Waals surface area contributed by atoms with E-state index in [1.54, 1.807) is 12.1 Å². The zero-order chi connectivity index (χ0) is 13.5. The monoisotopic (exact) mass is 238 g/mol. The maximum Gasteiger partial charge on any atom is 0.146 e. The fourth-order valence-corrected chi connectivity index (χ4v) is 1.27. The predicted octanol–water partition coefficient (Wildman–Crippen LogP) is 2.77. The van der Waals surface area contributed by atoms with Gasteiger partial charge in [0.25, 0.3) is 0 Å². The number of phenolic OH excluding ortho intramolecular Hbond substituents is 1. The molecule has 0 fully saturated rings. The summed E-state index contributed by atoms with van der Waals surface area (Å²) in [6.45, 7) is 7.07. The first-order valence-corrected chi connectivity index (χ1v) is 4.97. The van der Waals surface area contributed by atoms with Gasteiger partial charge in [0.2, 0.25) is 0 Å². The van der Waals surface area contributed by atoms with Crippen molar-refractivity contribution in [3.63, 3.8) is 0 Å². The fourth-order valence-electron chi connectivity index (χ4n) is 1.27. The van der Waals surface area contributed by atoms with Crippen molar-refractivity contribution in [2.45, 2.75) is 0 Å². The second-order valence-corrected chi connectivity index (χ2v) is 3.17. The lowest BCUT2D eigenvalue weighted by atomic mass is 10.1. The maximum atomic E-state index is 9.46. The normalized spacial score (nSPS) is 10.0. The molecule has 0 aliphatic carbocycles. The molecule has 0 aliphatic rings. The zero-order valence-electron chi connectivity index (χ0n) is 9.55. The molecule has 1 N–H and O–H groups in total.